The summed E-state index contributed by atoms with van der Waals surface area (Å²) < 4.78 is 1.31. The number of rotatable bonds is 2. The Morgan fingerprint density at radius 3 is 2.61 bits per heavy atom. The van der Waals surface area contributed by atoms with Crippen LogP contribution in [0.15, 0.2) is 35.1 Å². The Hall–Kier alpha value is -1.94. The van der Waals surface area contributed by atoms with Gasteiger partial charge in [-0.2, -0.15) is 5.10 Å². The van der Waals surface area contributed by atoms with E-state index in [1.165, 1.54) is 10.7 Å². The average molecular weight is 243 g/mol. The Labute approximate surface area is 106 Å². The van der Waals surface area contributed by atoms with Gasteiger partial charge in [-0.1, -0.05) is 23.8 Å². The molecule has 4 heteroatoms. The highest BCUT2D eigenvalue weighted by atomic mass is 16.1. The molecule has 0 saturated heterocycles. The molecule has 1 unspecified atom stereocenters. The van der Waals surface area contributed by atoms with Crippen LogP contribution in [-0.2, 0) is 7.05 Å². The van der Waals surface area contributed by atoms with Crippen molar-refractivity contribution in [3.63, 3.8) is 0 Å². The number of benzene rings is 1. The van der Waals surface area contributed by atoms with Crippen LogP contribution in [0, 0.1) is 13.8 Å². The summed E-state index contributed by atoms with van der Waals surface area (Å²) in [7, 11) is 1.63. The summed E-state index contributed by atoms with van der Waals surface area (Å²) in [5, 5.41) is 4.20. The quantitative estimate of drug-likeness (QED) is 0.868. The van der Waals surface area contributed by atoms with Gasteiger partial charge in [0.2, 0.25) is 0 Å². The molecule has 18 heavy (non-hydrogen) atoms. The maximum Gasteiger partial charge on any atom is 0.266 e. The van der Waals surface area contributed by atoms with E-state index >= 15 is 0 Å². The Bertz CT molecular complexity index is 631. The van der Waals surface area contributed by atoms with Gasteiger partial charge in [0.05, 0.1) is 11.7 Å². The molecule has 0 aliphatic rings. The van der Waals surface area contributed by atoms with Crippen molar-refractivity contribution in [1.29, 1.82) is 0 Å². The molecule has 0 saturated carbocycles. The molecule has 2 N–H and O–H groups in total. The van der Waals surface area contributed by atoms with E-state index < -0.39 is 0 Å². The second-order valence-corrected chi connectivity index (χ2v) is 4.56. The van der Waals surface area contributed by atoms with Crippen LogP contribution < -0.4 is 11.3 Å². The fourth-order valence-electron chi connectivity index (χ4n) is 1.94. The fraction of sp³-hybridized carbons (Fsp3) is 0.286. The van der Waals surface area contributed by atoms with Crippen LogP contribution in [0.2, 0.25) is 0 Å². The van der Waals surface area contributed by atoms with Crippen LogP contribution in [-0.4, -0.2) is 9.78 Å². The highest BCUT2D eigenvalue weighted by Crippen LogP contribution is 2.21. The van der Waals surface area contributed by atoms with Crippen LogP contribution in [0.5, 0.6) is 0 Å². The maximum atomic E-state index is 11.3. The van der Waals surface area contributed by atoms with Gasteiger partial charge in [-0.25, -0.2) is 4.68 Å². The van der Waals surface area contributed by atoms with E-state index in [4.69, 9.17) is 5.73 Å². The number of hydrogen-bond acceptors (Lipinski definition) is 3. The highest BCUT2D eigenvalue weighted by molar-refractivity contribution is 5.36. The first kappa shape index (κ1) is 12.5. The average Bonchev–Trinajstić information content (AvgIpc) is 2.35. The first-order valence-corrected chi connectivity index (χ1v) is 5.86. The lowest BCUT2D eigenvalue weighted by Crippen LogP contribution is -2.23. The van der Waals surface area contributed by atoms with Crippen LogP contribution in [0.4, 0.5) is 0 Å². The molecule has 0 aliphatic carbocycles. The number of aromatic nitrogens is 2. The van der Waals surface area contributed by atoms with Gasteiger partial charge in [-0.3, -0.25) is 4.79 Å². The van der Waals surface area contributed by atoms with Crippen LogP contribution in [0.25, 0.3) is 0 Å². The van der Waals surface area contributed by atoms with Crippen molar-refractivity contribution in [2.45, 2.75) is 19.9 Å². The first-order valence-electron chi connectivity index (χ1n) is 5.86. The highest BCUT2D eigenvalue weighted by Gasteiger charge is 2.13. The second kappa shape index (κ2) is 4.74. The van der Waals surface area contributed by atoms with Crippen molar-refractivity contribution >= 4 is 0 Å². The van der Waals surface area contributed by atoms with Gasteiger partial charge < -0.3 is 5.73 Å². The van der Waals surface area contributed by atoms with E-state index in [1.807, 2.05) is 19.9 Å². The van der Waals surface area contributed by atoms with Gasteiger partial charge in [0.15, 0.2) is 0 Å². The molecule has 2 aromatic rings. The summed E-state index contributed by atoms with van der Waals surface area (Å²) in [6.45, 7) is 4.06. The predicted octanol–water partition coefficient (Wildman–Crippen LogP) is 1.45. The minimum atomic E-state index is -0.309. The molecule has 0 spiro atoms. The zero-order valence-corrected chi connectivity index (χ0v) is 10.8. The van der Waals surface area contributed by atoms with Gasteiger partial charge in [0, 0.05) is 13.1 Å². The molecule has 1 heterocycles. The molecule has 1 aromatic carbocycles. The number of hydrogen-bond donors (Lipinski definition) is 1. The van der Waals surface area contributed by atoms with Crippen molar-refractivity contribution in [2.75, 3.05) is 0 Å². The topological polar surface area (TPSA) is 60.9 Å². The molecule has 1 atom stereocenters. The van der Waals surface area contributed by atoms with Crippen molar-refractivity contribution in [3.05, 3.63) is 63.1 Å². The summed E-state index contributed by atoms with van der Waals surface area (Å²) in [4.78, 5) is 11.3. The maximum absolute atomic E-state index is 11.3. The summed E-state index contributed by atoms with van der Waals surface area (Å²) in [6, 6.07) is 9.04. The molecule has 0 bridgehead atoms. The second-order valence-electron chi connectivity index (χ2n) is 4.56. The van der Waals surface area contributed by atoms with E-state index in [0.717, 1.165) is 16.7 Å². The van der Waals surface area contributed by atoms with Gasteiger partial charge >= 0.3 is 0 Å². The minimum Gasteiger partial charge on any atom is -0.319 e. The Kier molecular flexibility index (Phi) is 3.30. The molecule has 2 rings (SSSR count). The lowest BCUT2D eigenvalue weighted by molar-refractivity contribution is 0.654. The normalized spacial score (nSPS) is 12.4. The molecule has 0 aliphatic heterocycles. The summed E-state index contributed by atoms with van der Waals surface area (Å²) in [5.74, 6) is 0. The van der Waals surface area contributed by atoms with Crippen molar-refractivity contribution in [1.82, 2.24) is 9.78 Å². The molecular weight excluding hydrogens is 226 g/mol. The number of nitrogens with two attached hydrogens (primary N) is 1. The van der Waals surface area contributed by atoms with Crippen LogP contribution >= 0.6 is 0 Å². The standard InChI is InChI=1S/C14H17N3O/c1-9-4-5-10(2)11(8-9)14(15)12-6-7-13(18)17(3)16-12/h4-8,14H,15H2,1-3H3. The zero-order chi connectivity index (χ0) is 13.3. The molecular formula is C14H17N3O. The van der Waals surface area contributed by atoms with Gasteiger partial charge in [-0.15, -0.1) is 0 Å². The molecule has 4 nitrogen and oxygen atoms in total. The van der Waals surface area contributed by atoms with Gasteiger partial charge in [-0.05, 0) is 31.0 Å². The third-order valence-electron chi connectivity index (χ3n) is 3.07. The smallest absolute Gasteiger partial charge is 0.266 e. The Balaban J connectivity index is 2.47. The Morgan fingerprint density at radius 1 is 1.22 bits per heavy atom. The molecule has 94 valence electrons. The predicted molar refractivity (Wildman–Crippen MR) is 71.4 cm³/mol. The van der Waals surface area contributed by atoms with Crippen LogP contribution in [0.3, 0.4) is 0 Å². The van der Waals surface area contributed by atoms with Crippen LogP contribution in [0.1, 0.15) is 28.4 Å². The largest absolute Gasteiger partial charge is 0.319 e. The summed E-state index contributed by atoms with van der Waals surface area (Å²) in [6.07, 6.45) is 0. The van der Waals surface area contributed by atoms with E-state index in [-0.39, 0.29) is 11.6 Å². The van der Waals surface area contributed by atoms with Crippen molar-refractivity contribution in [3.8, 4) is 0 Å². The lowest BCUT2D eigenvalue weighted by Gasteiger charge is -2.15. The molecule has 0 fully saturated rings. The lowest BCUT2D eigenvalue weighted by atomic mass is 9.97. The summed E-state index contributed by atoms with van der Waals surface area (Å²) in [5.41, 5.74) is 10.1. The van der Waals surface area contributed by atoms with Crippen molar-refractivity contribution in [2.24, 2.45) is 12.8 Å². The van der Waals surface area contributed by atoms with E-state index in [0.29, 0.717) is 5.69 Å². The van der Waals surface area contributed by atoms with E-state index in [1.54, 1.807) is 13.1 Å². The molecule has 0 amide bonds. The Morgan fingerprint density at radius 2 is 1.94 bits per heavy atom. The van der Waals surface area contributed by atoms with E-state index in [2.05, 4.69) is 17.2 Å². The van der Waals surface area contributed by atoms with Gasteiger partial charge in [0.1, 0.15) is 0 Å². The van der Waals surface area contributed by atoms with Crippen molar-refractivity contribution < 1.29 is 0 Å². The minimum absolute atomic E-state index is 0.132. The SMILES string of the molecule is Cc1ccc(C)c(C(N)c2ccc(=O)n(C)n2)c1. The third-order valence-corrected chi connectivity index (χ3v) is 3.07. The zero-order valence-electron chi connectivity index (χ0n) is 10.8. The first-order chi connectivity index (χ1) is 8.49. The number of aryl methyl sites for hydroxylation is 3. The fourth-order valence-corrected chi connectivity index (χ4v) is 1.94. The monoisotopic (exact) mass is 243 g/mol. The summed E-state index contributed by atoms with van der Waals surface area (Å²) >= 11 is 0. The van der Waals surface area contributed by atoms with Gasteiger partial charge in [0.25, 0.3) is 5.56 Å². The third kappa shape index (κ3) is 2.33. The van der Waals surface area contributed by atoms with E-state index in [9.17, 15) is 4.79 Å². The molecule has 0 radical (unpaired) electrons. The molecule has 1 aromatic heterocycles. The number of nitrogens with zero attached hydrogens (tertiary/aromatic N) is 2.